The molecule has 2 aromatic heterocycles. The van der Waals surface area contributed by atoms with Crippen molar-refractivity contribution in [3.63, 3.8) is 0 Å². The highest BCUT2D eigenvalue weighted by atomic mass is 32.1. The van der Waals surface area contributed by atoms with Gasteiger partial charge in [-0.15, -0.1) is 0 Å². The van der Waals surface area contributed by atoms with Gasteiger partial charge in [-0.1, -0.05) is 0 Å². The zero-order valence-corrected chi connectivity index (χ0v) is 11.1. The van der Waals surface area contributed by atoms with Crippen molar-refractivity contribution in [2.24, 2.45) is 5.84 Å². The second kappa shape index (κ2) is 5.73. The van der Waals surface area contributed by atoms with Gasteiger partial charge in [-0.05, 0) is 10.9 Å². The first-order valence-electron chi connectivity index (χ1n) is 5.42. The van der Waals surface area contributed by atoms with E-state index in [-0.39, 0.29) is 11.4 Å². The molecule has 0 amide bonds. The van der Waals surface area contributed by atoms with E-state index in [4.69, 9.17) is 10.6 Å². The number of nitrogens with zero attached hydrogens (tertiary/aromatic N) is 2. The summed E-state index contributed by atoms with van der Waals surface area (Å²) in [4.78, 5) is 7.75. The molecule has 0 aliphatic rings. The lowest BCUT2D eigenvalue weighted by atomic mass is 10.0. The van der Waals surface area contributed by atoms with Gasteiger partial charge in [0.1, 0.15) is 6.33 Å². The molecular formula is C11H11F3N4OS. The molecule has 0 radical (unpaired) electrons. The lowest BCUT2D eigenvalue weighted by Crippen LogP contribution is -2.30. The van der Waals surface area contributed by atoms with E-state index in [0.717, 1.165) is 16.7 Å². The molecule has 1 atom stereocenters. The third-order valence-electron chi connectivity index (χ3n) is 2.64. The van der Waals surface area contributed by atoms with Crippen LogP contribution in [0.1, 0.15) is 22.9 Å². The van der Waals surface area contributed by atoms with E-state index in [0.29, 0.717) is 5.69 Å². The van der Waals surface area contributed by atoms with E-state index in [1.807, 2.05) is 0 Å². The van der Waals surface area contributed by atoms with Gasteiger partial charge in [0.25, 0.3) is 0 Å². The minimum Gasteiger partial charge on any atom is -0.481 e. The van der Waals surface area contributed by atoms with Gasteiger partial charge in [-0.25, -0.2) is 15.4 Å². The van der Waals surface area contributed by atoms with Gasteiger partial charge in [-0.3, -0.25) is 5.84 Å². The van der Waals surface area contributed by atoms with Gasteiger partial charge in [0, 0.05) is 11.4 Å². The number of alkyl halides is 3. The number of aromatic nitrogens is 2. The van der Waals surface area contributed by atoms with Crippen molar-refractivity contribution in [2.75, 3.05) is 7.11 Å². The lowest BCUT2D eigenvalue weighted by molar-refractivity contribution is -0.138. The maximum Gasteiger partial charge on any atom is 0.417 e. The van der Waals surface area contributed by atoms with Gasteiger partial charge >= 0.3 is 6.18 Å². The zero-order valence-electron chi connectivity index (χ0n) is 10.3. The molecule has 2 rings (SSSR count). The average Bonchev–Trinajstić information content (AvgIpc) is 2.89. The maximum absolute atomic E-state index is 12.9. The minimum absolute atomic E-state index is 0.0192. The molecule has 0 aliphatic carbocycles. The van der Waals surface area contributed by atoms with E-state index in [2.05, 4.69) is 15.4 Å². The number of hydrazine groups is 1. The van der Waals surface area contributed by atoms with Crippen LogP contribution in [0, 0.1) is 0 Å². The summed E-state index contributed by atoms with van der Waals surface area (Å²) < 4.78 is 43.7. The van der Waals surface area contributed by atoms with E-state index in [9.17, 15) is 13.2 Å². The molecule has 3 N–H and O–H groups in total. The Morgan fingerprint density at radius 3 is 2.70 bits per heavy atom. The minimum atomic E-state index is -4.44. The number of hydrogen-bond acceptors (Lipinski definition) is 6. The molecule has 2 heterocycles. The van der Waals surface area contributed by atoms with Crippen LogP contribution in [0.5, 0.6) is 5.88 Å². The molecule has 5 nitrogen and oxygen atoms in total. The van der Waals surface area contributed by atoms with Crippen LogP contribution in [0.25, 0.3) is 0 Å². The highest BCUT2D eigenvalue weighted by Crippen LogP contribution is 2.38. The van der Waals surface area contributed by atoms with Crippen LogP contribution in [-0.2, 0) is 6.18 Å². The van der Waals surface area contributed by atoms with Crippen LogP contribution in [0.15, 0.2) is 23.2 Å². The van der Waals surface area contributed by atoms with Crippen molar-refractivity contribution in [3.05, 3.63) is 40.0 Å². The van der Waals surface area contributed by atoms with E-state index < -0.39 is 17.8 Å². The van der Waals surface area contributed by atoms with Gasteiger partial charge in [0.2, 0.25) is 5.88 Å². The normalized spacial score (nSPS) is 13.2. The summed E-state index contributed by atoms with van der Waals surface area (Å²) in [7, 11) is 1.41. The third-order valence-corrected chi connectivity index (χ3v) is 3.40. The number of ether oxygens (including phenoxy) is 1. The monoisotopic (exact) mass is 304 g/mol. The summed E-state index contributed by atoms with van der Waals surface area (Å²) in [6, 6.07) is 0.539. The Balaban J connectivity index is 2.45. The summed E-state index contributed by atoms with van der Waals surface area (Å²) in [5.41, 5.74) is 1.93. The molecule has 2 aromatic rings. The Hall–Kier alpha value is -1.71. The molecular weight excluding hydrogens is 293 g/mol. The van der Waals surface area contributed by atoms with E-state index in [1.54, 1.807) is 0 Å². The van der Waals surface area contributed by atoms with Crippen molar-refractivity contribution < 1.29 is 17.9 Å². The first kappa shape index (κ1) is 14.7. The quantitative estimate of drug-likeness (QED) is 0.668. The zero-order chi connectivity index (χ0) is 14.8. The van der Waals surface area contributed by atoms with Crippen molar-refractivity contribution in [1.82, 2.24) is 15.4 Å². The van der Waals surface area contributed by atoms with Crippen LogP contribution < -0.4 is 16.0 Å². The van der Waals surface area contributed by atoms with Crippen molar-refractivity contribution >= 4 is 11.3 Å². The van der Waals surface area contributed by atoms with Gasteiger partial charge in [0.05, 0.1) is 24.4 Å². The second-order valence-corrected chi connectivity index (χ2v) is 4.57. The van der Waals surface area contributed by atoms with Gasteiger partial charge < -0.3 is 4.74 Å². The standard InChI is InChI=1S/C11H11F3N4OS/c1-19-9-2-8(16-5-17-9)10(18-15)6-3-20-4-7(6)11(12,13)14/h2-5,10,18H,15H2,1H3. The number of nitrogens with two attached hydrogens (primary N) is 1. The molecule has 0 aromatic carbocycles. The van der Waals surface area contributed by atoms with E-state index >= 15 is 0 Å². The van der Waals surface area contributed by atoms with Crippen LogP contribution in [0.2, 0.25) is 0 Å². The third kappa shape index (κ3) is 2.89. The molecule has 0 saturated carbocycles. The number of thiophene rings is 1. The largest absolute Gasteiger partial charge is 0.481 e. The molecule has 0 spiro atoms. The number of hydrogen-bond donors (Lipinski definition) is 2. The molecule has 0 fully saturated rings. The first-order chi connectivity index (χ1) is 9.47. The van der Waals surface area contributed by atoms with Crippen molar-refractivity contribution in [1.29, 1.82) is 0 Å². The van der Waals surface area contributed by atoms with Crippen LogP contribution in [0.3, 0.4) is 0 Å². The number of rotatable bonds is 4. The van der Waals surface area contributed by atoms with E-state index in [1.165, 1.54) is 24.9 Å². The molecule has 0 aliphatic heterocycles. The molecule has 1 unspecified atom stereocenters. The predicted octanol–water partition coefficient (Wildman–Crippen LogP) is 2.12. The highest BCUT2D eigenvalue weighted by molar-refractivity contribution is 7.08. The highest BCUT2D eigenvalue weighted by Gasteiger charge is 2.36. The maximum atomic E-state index is 12.9. The summed E-state index contributed by atoms with van der Waals surface area (Å²) in [5, 5.41) is 2.43. The van der Waals surface area contributed by atoms with Gasteiger partial charge in [0.15, 0.2) is 0 Å². The Bertz CT molecular complexity index is 587. The average molecular weight is 304 g/mol. The summed E-state index contributed by atoms with van der Waals surface area (Å²) in [6.07, 6.45) is -3.24. The Morgan fingerprint density at radius 2 is 2.10 bits per heavy atom. The molecule has 108 valence electrons. The first-order valence-corrected chi connectivity index (χ1v) is 6.37. The van der Waals surface area contributed by atoms with Crippen molar-refractivity contribution in [3.8, 4) is 5.88 Å². The lowest BCUT2D eigenvalue weighted by Gasteiger charge is -2.17. The topological polar surface area (TPSA) is 73.1 Å². The molecule has 9 heteroatoms. The summed E-state index contributed by atoms with van der Waals surface area (Å²) in [5.74, 6) is 5.63. The Kier molecular flexibility index (Phi) is 4.21. The van der Waals surface area contributed by atoms with Crippen molar-refractivity contribution in [2.45, 2.75) is 12.2 Å². The fourth-order valence-corrected chi connectivity index (χ4v) is 2.60. The summed E-state index contributed by atoms with van der Waals surface area (Å²) in [6.45, 7) is 0. The second-order valence-electron chi connectivity index (χ2n) is 3.82. The summed E-state index contributed by atoms with van der Waals surface area (Å²) >= 11 is 0.951. The fourth-order valence-electron chi connectivity index (χ4n) is 1.72. The number of methoxy groups -OCH3 is 1. The van der Waals surface area contributed by atoms with Crippen LogP contribution in [-0.4, -0.2) is 17.1 Å². The Morgan fingerprint density at radius 1 is 1.35 bits per heavy atom. The van der Waals surface area contributed by atoms with Gasteiger partial charge in [-0.2, -0.15) is 24.5 Å². The van der Waals surface area contributed by atoms with Crippen LogP contribution >= 0.6 is 11.3 Å². The molecule has 0 bridgehead atoms. The Labute approximate surface area is 116 Å². The van der Waals surface area contributed by atoms with Crippen LogP contribution in [0.4, 0.5) is 13.2 Å². The fraction of sp³-hybridized carbons (Fsp3) is 0.273. The smallest absolute Gasteiger partial charge is 0.417 e. The SMILES string of the molecule is COc1cc(C(NN)c2cscc2C(F)(F)F)ncn1. The molecule has 0 saturated heterocycles. The number of nitrogens with one attached hydrogen (secondary N) is 1. The molecule has 20 heavy (non-hydrogen) atoms. The number of halogens is 3. The predicted molar refractivity (Wildman–Crippen MR) is 67.1 cm³/mol.